The predicted molar refractivity (Wildman–Crippen MR) is 155 cm³/mol. The fourth-order valence-corrected chi connectivity index (χ4v) is 6.02. The van der Waals surface area contributed by atoms with Crippen molar-refractivity contribution in [2.45, 2.75) is 71.6 Å². The van der Waals surface area contributed by atoms with Gasteiger partial charge in [0.1, 0.15) is 24.6 Å². The molecule has 11 heteroatoms. The summed E-state index contributed by atoms with van der Waals surface area (Å²) in [6.07, 6.45) is -5.06. The molecule has 4 rings (SSSR count). The highest BCUT2D eigenvalue weighted by molar-refractivity contribution is 7.15. The zero-order valence-electron chi connectivity index (χ0n) is 24.5. The third-order valence-corrected chi connectivity index (χ3v) is 7.98. The Labute approximate surface area is 252 Å². The monoisotopic (exact) mass is 612 g/mol. The maximum absolute atomic E-state index is 13.4. The Morgan fingerprint density at radius 3 is 2.05 bits per heavy atom. The van der Waals surface area contributed by atoms with E-state index in [0.29, 0.717) is 12.0 Å². The van der Waals surface area contributed by atoms with Crippen molar-refractivity contribution in [1.29, 1.82) is 0 Å². The molecule has 9 nitrogen and oxygen atoms in total. The lowest BCUT2D eigenvalue weighted by Gasteiger charge is -2.44. The van der Waals surface area contributed by atoms with Gasteiger partial charge in [0.15, 0.2) is 18.3 Å². The third kappa shape index (κ3) is 8.26. The Morgan fingerprint density at radius 1 is 0.791 bits per heavy atom. The fraction of sp³-hybridized carbons (Fsp3) is 0.375. The van der Waals surface area contributed by atoms with Crippen LogP contribution in [0.15, 0.2) is 54.6 Å². The number of esters is 4. The minimum Gasteiger partial charge on any atom is -0.463 e. The highest BCUT2D eigenvalue weighted by Gasteiger charge is 2.52. The van der Waals surface area contributed by atoms with Crippen LogP contribution in [0.5, 0.6) is 0 Å². The largest absolute Gasteiger partial charge is 0.463 e. The zero-order valence-corrected chi connectivity index (χ0v) is 25.3. The van der Waals surface area contributed by atoms with Gasteiger partial charge < -0.3 is 23.7 Å². The molecule has 0 radical (unpaired) electrons. The molecule has 0 bridgehead atoms. The van der Waals surface area contributed by atoms with E-state index in [1.807, 2.05) is 37.3 Å². The van der Waals surface area contributed by atoms with E-state index in [0.717, 1.165) is 26.4 Å². The summed E-state index contributed by atoms with van der Waals surface area (Å²) in [6.45, 7) is 6.48. The van der Waals surface area contributed by atoms with Crippen LogP contribution in [-0.4, -0.2) is 54.9 Å². The molecule has 1 fully saturated rings. The van der Waals surface area contributed by atoms with Gasteiger partial charge in [-0.2, -0.15) is 0 Å². The number of carbonyl (C=O) groups is 4. The topological polar surface area (TPSA) is 114 Å². The van der Waals surface area contributed by atoms with Crippen molar-refractivity contribution in [3.63, 3.8) is 0 Å². The Hall–Kier alpha value is -4.09. The van der Waals surface area contributed by atoms with Gasteiger partial charge in [-0.3, -0.25) is 19.2 Å². The molecule has 2 aromatic carbocycles. The SMILES string of the molecule is CC(=O)OCC1O[C@@H](c2ccc(C)c(Cc3ccc(-c4ccc(F)cc4)s3)c2)[C@@H](OC(C)=O)[C@@H](OC(C)=O)[C@@H]1OC(C)=O. The number of benzene rings is 2. The van der Waals surface area contributed by atoms with Crippen molar-refractivity contribution >= 4 is 35.2 Å². The molecule has 0 saturated carbocycles. The zero-order chi connectivity index (χ0) is 31.3. The first-order valence-electron chi connectivity index (χ1n) is 13.7. The van der Waals surface area contributed by atoms with E-state index in [1.54, 1.807) is 23.5 Å². The van der Waals surface area contributed by atoms with Crippen LogP contribution in [0.1, 0.15) is 55.4 Å². The van der Waals surface area contributed by atoms with Gasteiger partial charge >= 0.3 is 23.9 Å². The van der Waals surface area contributed by atoms with Gasteiger partial charge in [-0.15, -0.1) is 11.3 Å². The first kappa shape index (κ1) is 31.8. The first-order chi connectivity index (χ1) is 20.4. The number of hydrogen-bond donors (Lipinski definition) is 0. The molecular formula is C32H33FO9S. The molecule has 0 N–H and O–H groups in total. The van der Waals surface area contributed by atoms with Gasteiger partial charge in [0.25, 0.3) is 0 Å². The number of hydrogen-bond acceptors (Lipinski definition) is 10. The molecule has 0 aliphatic carbocycles. The second-order valence-corrected chi connectivity index (χ2v) is 11.4. The molecule has 1 aromatic heterocycles. The minimum atomic E-state index is -1.25. The van der Waals surface area contributed by atoms with E-state index >= 15 is 0 Å². The smallest absolute Gasteiger partial charge is 0.303 e. The number of aryl methyl sites for hydroxylation is 1. The molecule has 5 atom stereocenters. The molecular weight excluding hydrogens is 579 g/mol. The second kappa shape index (κ2) is 13.9. The summed E-state index contributed by atoms with van der Waals surface area (Å²) in [5.41, 5.74) is 3.51. The molecule has 228 valence electrons. The van der Waals surface area contributed by atoms with Crippen LogP contribution in [-0.2, 0) is 49.3 Å². The molecule has 1 saturated heterocycles. The van der Waals surface area contributed by atoms with E-state index in [1.165, 1.54) is 39.8 Å². The van der Waals surface area contributed by atoms with Crippen LogP contribution in [0.4, 0.5) is 4.39 Å². The summed E-state index contributed by atoms with van der Waals surface area (Å²) in [7, 11) is 0. The summed E-state index contributed by atoms with van der Waals surface area (Å²) < 4.78 is 41.6. The maximum Gasteiger partial charge on any atom is 0.303 e. The van der Waals surface area contributed by atoms with E-state index < -0.39 is 54.4 Å². The van der Waals surface area contributed by atoms with Gasteiger partial charge in [-0.25, -0.2) is 4.39 Å². The quantitative estimate of drug-likeness (QED) is 0.236. The molecule has 3 aromatic rings. The van der Waals surface area contributed by atoms with E-state index in [2.05, 4.69) is 0 Å². The number of carbonyl (C=O) groups excluding carboxylic acids is 4. The summed E-state index contributed by atoms with van der Waals surface area (Å²) in [6, 6.07) is 16.0. The molecule has 43 heavy (non-hydrogen) atoms. The lowest BCUT2D eigenvalue weighted by molar-refractivity contribution is -0.254. The Morgan fingerprint density at radius 2 is 1.42 bits per heavy atom. The molecule has 0 spiro atoms. The van der Waals surface area contributed by atoms with Crippen LogP contribution >= 0.6 is 11.3 Å². The number of ether oxygens (including phenoxy) is 5. The van der Waals surface area contributed by atoms with Gasteiger partial charge in [0, 0.05) is 43.9 Å². The van der Waals surface area contributed by atoms with Crippen molar-refractivity contribution in [1.82, 2.24) is 0 Å². The van der Waals surface area contributed by atoms with Crippen molar-refractivity contribution in [3.05, 3.63) is 82.0 Å². The van der Waals surface area contributed by atoms with Gasteiger partial charge in [-0.1, -0.05) is 30.3 Å². The van der Waals surface area contributed by atoms with Gasteiger partial charge in [0.2, 0.25) is 0 Å². The molecule has 1 aliphatic rings. The summed E-state index contributed by atoms with van der Waals surface area (Å²) in [5, 5.41) is 0. The highest BCUT2D eigenvalue weighted by atomic mass is 32.1. The summed E-state index contributed by atoms with van der Waals surface area (Å²) >= 11 is 1.59. The molecule has 0 amide bonds. The van der Waals surface area contributed by atoms with E-state index in [9.17, 15) is 23.6 Å². The Balaban J connectivity index is 1.70. The Kier molecular flexibility index (Phi) is 10.3. The normalized spacial score (nSPS) is 21.5. The van der Waals surface area contributed by atoms with Crippen LogP contribution in [0, 0.1) is 12.7 Å². The first-order valence-corrected chi connectivity index (χ1v) is 14.5. The highest BCUT2D eigenvalue weighted by Crippen LogP contribution is 2.39. The second-order valence-electron chi connectivity index (χ2n) is 10.3. The lowest BCUT2D eigenvalue weighted by Crippen LogP contribution is -2.59. The Bertz CT molecular complexity index is 1480. The molecule has 1 aliphatic heterocycles. The van der Waals surface area contributed by atoms with Crippen LogP contribution < -0.4 is 0 Å². The van der Waals surface area contributed by atoms with E-state index in [-0.39, 0.29) is 12.4 Å². The molecule has 2 heterocycles. The third-order valence-electron chi connectivity index (χ3n) is 6.85. The number of thiophene rings is 1. The van der Waals surface area contributed by atoms with Gasteiger partial charge in [-0.05, 0) is 53.4 Å². The lowest BCUT2D eigenvalue weighted by atomic mass is 9.88. The predicted octanol–water partition coefficient (Wildman–Crippen LogP) is 5.25. The van der Waals surface area contributed by atoms with Crippen LogP contribution in [0.3, 0.4) is 0 Å². The summed E-state index contributed by atoms with van der Waals surface area (Å²) in [5.74, 6) is -2.91. The van der Waals surface area contributed by atoms with Gasteiger partial charge in [0.05, 0.1) is 0 Å². The van der Waals surface area contributed by atoms with Crippen molar-refractivity contribution in [2.24, 2.45) is 0 Å². The van der Waals surface area contributed by atoms with Crippen molar-refractivity contribution in [3.8, 4) is 10.4 Å². The van der Waals surface area contributed by atoms with E-state index in [4.69, 9.17) is 23.7 Å². The fourth-order valence-electron chi connectivity index (χ4n) is 4.99. The maximum atomic E-state index is 13.4. The average Bonchev–Trinajstić information content (AvgIpc) is 3.39. The van der Waals surface area contributed by atoms with Crippen LogP contribution in [0.25, 0.3) is 10.4 Å². The molecule has 1 unspecified atom stereocenters. The van der Waals surface area contributed by atoms with Crippen molar-refractivity contribution < 1.29 is 47.3 Å². The minimum absolute atomic E-state index is 0.296. The summed E-state index contributed by atoms with van der Waals surface area (Å²) in [4.78, 5) is 50.1. The average molecular weight is 613 g/mol. The number of halogens is 1. The standard InChI is InChI=1S/C32H33FO9S/c1-17-6-7-23(14-24(17)15-26-12-13-28(43-26)22-8-10-25(33)11-9-22)29-31(40-20(4)36)32(41-21(5)37)30(39-19(3)35)27(42-29)16-38-18(2)34/h6-14,27,29-32H,15-16H2,1-5H3/t27?,29-,30+,31+,32-/m0/s1. The number of rotatable bonds is 9. The van der Waals surface area contributed by atoms with Crippen molar-refractivity contribution in [2.75, 3.05) is 6.61 Å². The van der Waals surface area contributed by atoms with Crippen LogP contribution in [0.2, 0.25) is 0 Å².